The van der Waals surface area contributed by atoms with Crippen LogP contribution >= 0.6 is 0 Å². The van der Waals surface area contributed by atoms with Crippen LogP contribution in [0.1, 0.15) is 54.1 Å². The number of carbonyl (C=O) groups is 3. The molecule has 1 atom stereocenters. The first-order valence-electron chi connectivity index (χ1n) is 11.3. The second-order valence-corrected chi connectivity index (χ2v) is 9.12. The average Bonchev–Trinajstić information content (AvgIpc) is 3.44. The summed E-state index contributed by atoms with van der Waals surface area (Å²) >= 11 is 0. The van der Waals surface area contributed by atoms with Gasteiger partial charge in [0.05, 0.1) is 30.0 Å². The summed E-state index contributed by atoms with van der Waals surface area (Å²) in [5.74, 6) is -0.858. The third-order valence-corrected chi connectivity index (χ3v) is 7.06. The van der Waals surface area contributed by atoms with E-state index < -0.39 is 11.9 Å². The molecule has 2 fully saturated rings. The van der Waals surface area contributed by atoms with Gasteiger partial charge in [-0.15, -0.1) is 0 Å². The first kappa shape index (κ1) is 19.9. The fraction of sp³-hybridized carbons (Fsp3) is 0.375. The maximum Gasteiger partial charge on any atom is 0.255 e. The number of imide groups is 1. The Kier molecular flexibility index (Phi) is 4.46. The maximum atomic E-state index is 13.0. The van der Waals surface area contributed by atoms with Crippen LogP contribution in [0.5, 0.6) is 0 Å². The number of nitrogens with one attached hydrogen (secondary N) is 1. The molecule has 3 aliphatic rings. The summed E-state index contributed by atoms with van der Waals surface area (Å²) < 4.78 is 4.04. The third kappa shape index (κ3) is 3.18. The van der Waals surface area contributed by atoms with Gasteiger partial charge in [-0.3, -0.25) is 24.4 Å². The van der Waals surface area contributed by atoms with Crippen LogP contribution < -0.4 is 5.32 Å². The summed E-state index contributed by atoms with van der Waals surface area (Å²) in [5.41, 5.74) is 5.20. The van der Waals surface area contributed by atoms with E-state index in [9.17, 15) is 14.4 Å². The van der Waals surface area contributed by atoms with Crippen molar-refractivity contribution < 1.29 is 14.4 Å². The molecule has 0 spiro atoms. The number of fused-ring (bicyclic) bond motifs is 1. The van der Waals surface area contributed by atoms with E-state index in [4.69, 9.17) is 0 Å². The molecule has 1 saturated carbocycles. The zero-order chi connectivity index (χ0) is 22.7. The molecule has 3 aromatic rings. The van der Waals surface area contributed by atoms with Gasteiger partial charge in [0.2, 0.25) is 11.8 Å². The Labute approximate surface area is 190 Å². The van der Waals surface area contributed by atoms with Crippen molar-refractivity contribution in [1.29, 1.82) is 0 Å². The number of piperidine rings is 1. The van der Waals surface area contributed by atoms with Crippen LogP contribution in [0.3, 0.4) is 0 Å². The van der Waals surface area contributed by atoms with Gasteiger partial charge in [-0.2, -0.15) is 5.10 Å². The van der Waals surface area contributed by atoms with Crippen molar-refractivity contribution in [3.05, 3.63) is 48.0 Å². The van der Waals surface area contributed by atoms with Crippen molar-refractivity contribution in [3.8, 4) is 22.5 Å². The molecule has 6 rings (SSSR count). The minimum absolute atomic E-state index is 0.172. The average molecular weight is 444 g/mol. The van der Waals surface area contributed by atoms with Crippen molar-refractivity contribution >= 4 is 17.7 Å². The number of benzene rings is 1. The Hall–Kier alpha value is -3.75. The molecule has 0 radical (unpaired) electrons. The van der Waals surface area contributed by atoms with Gasteiger partial charge in [-0.1, -0.05) is 6.07 Å². The monoisotopic (exact) mass is 444 g/mol. The van der Waals surface area contributed by atoms with Crippen molar-refractivity contribution in [3.63, 3.8) is 0 Å². The number of aryl methyl sites for hydroxylation is 1. The molecule has 2 aromatic heterocycles. The van der Waals surface area contributed by atoms with Gasteiger partial charge < -0.3 is 9.47 Å². The van der Waals surface area contributed by atoms with Crippen molar-refractivity contribution in [2.75, 3.05) is 0 Å². The van der Waals surface area contributed by atoms with Gasteiger partial charge >= 0.3 is 0 Å². The topological polar surface area (TPSA) is 102 Å². The Balaban J connectivity index is 1.31. The summed E-state index contributed by atoms with van der Waals surface area (Å²) in [6, 6.07) is 5.58. The highest BCUT2D eigenvalue weighted by molar-refractivity contribution is 6.05. The van der Waals surface area contributed by atoms with E-state index in [-0.39, 0.29) is 18.2 Å². The molecule has 33 heavy (non-hydrogen) atoms. The summed E-state index contributed by atoms with van der Waals surface area (Å²) in [5, 5.41) is 6.92. The molecular formula is C24H24N6O3. The lowest BCUT2D eigenvalue weighted by Gasteiger charge is -2.29. The maximum absolute atomic E-state index is 13.0. The number of hydrogen-bond donors (Lipinski definition) is 1. The van der Waals surface area contributed by atoms with Crippen molar-refractivity contribution in [1.82, 2.24) is 29.5 Å². The molecule has 1 saturated heterocycles. The highest BCUT2D eigenvalue weighted by Crippen LogP contribution is 2.36. The summed E-state index contributed by atoms with van der Waals surface area (Å²) in [6.07, 6.45) is 9.95. The SMILES string of the molecule is Cn1cnc(-c2ccc3c(c2)CN(C2CCC(=O)NC2=O)C3=O)c1-c1cnn(C2CCC2)c1. The van der Waals surface area contributed by atoms with Gasteiger partial charge in [0.15, 0.2) is 0 Å². The molecule has 0 bridgehead atoms. The highest BCUT2D eigenvalue weighted by Gasteiger charge is 2.39. The third-order valence-electron chi connectivity index (χ3n) is 7.06. The molecule has 2 aliphatic heterocycles. The highest BCUT2D eigenvalue weighted by atomic mass is 16.2. The zero-order valence-electron chi connectivity index (χ0n) is 18.3. The fourth-order valence-electron chi connectivity index (χ4n) is 5.01. The minimum Gasteiger partial charge on any atom is -0.333 e. The second-order valence-electron chi connectivity index (χ2n) is 9.12. The van der Waals surface area contributed by atoms with Gasteiger partial charge in [-0.05, 0) is 43.4 Å². The molecule has 168 valence electrons. The van der Waals surface area contributed by atoms with Gasteiger partial charge in [-0.25, -0.2) is 4.98 Å². The lowest BCUT2D eigenvalue weighted by molar-refractivity contribution is -0.136. The molecule has 1 aromatic carbocycles. The number of aromatic nitrogens is 4. The Morgan fingerprint density at radius 2 is 1.94 bits per heavy atom. The van der Waals surface area contributed by atoms with Crippen LogP contribution in [-0.2, 0) is 23.2 Å². The Bertz CT molecular complexity index is 1300. The molecule has 9 nitrogen and oxygen atoms in total. The number of nitrogens with zero attached hydrogens (tertiary/aromatic N) is 5. The lowest BCUT2D eigenvalue weighted by atomic mass is 9.93. The zero-order valence-corrected chi connectivity index (χ0v) is 18.3. The van der Waals surface area contributed by atoms with Gasteiger partial charge in [0.25, 0.3) is 5.91 Å². The van der Waals surface area contributed by atoms with E-state index in [1.165, 1.54) is 19.3 Å². The molecular weight excluding hydrogens is 420 g/mol. The van der Waals surface area contributed by atoms with Gasteiger partial charge in [0, 0.05) is 42.9 Å². The normalized spacial score (nSPS) is 20.7. The number of hydrogen-bond acceptors (Lipinski definition) is 5. The molecule has 3 amide bonds. The first-order valence-corrected chi connectivity index (χ1v) is 11.3. The summed E-state index contributed by atoms with van der Waals surface area (Å²) in [4.78, 5) is 43.0. The number of rotatable bonds is 4. The van der Waals surface area contributed by atoms with Crippen molar-refractivity contribution in [2.24, 2.45) is 7.05 Å². The van der Waals surface area contributed by atoms with Crippen LogP contribution in [-0.4, -0.2) is 48.0 Å². The molecule has 4 heterocycles. The van der Waals surface area contributed by atoms with Crippen LogP contribution in [0.15, 0.2) is 36.9 Å². The molecule has 1 N–H and O–H groups in total. The Morgan fingerprint density at radius 3 is 2.70 bits per heavy atom. The minimum atomic E-state index is -0.617. The molecule has 1 aliphatic carbocycles. The van der Waals surface area contributed by atoms with Crippen LogP contribution in [0.2, 0.25) is 0 Å². The van der Waals surface area contributed by atoms with Crippen LogP contribution in [0, 0.1) is 0 Å². The second kappa shape index (κ2) is 7.40. The first-order chi connectivity index (χ1) is 16.0. The summed E-state index contributed by atoms with van der Waals surface area (Å²) in [7, 11) is 1.97. The molecule has 9 heteroatoms. The standard InChI is InChI=1S/C24H24N6O3/c1-28-13-25-21(22(28)16-10-26-30(12-16)17-3-2-4-17)14-5-6-18-15(9-14)11-29(24(18)33)19-7-8-20(31)27-23(19)32/h5-6,9-10,12-13,17,19H,2-4,7-8,11H2,1H3,(H,27,31,32). The van der Waals surface area contributed by atoms with E-state index in [1.807, 2.05) is 36.0 Å². The van der Waals surface area contributed by atoms with E-state index in [1.54, 1.807) is 11.2 Å². The van der Waals surface area contributed by atoms with E-state index in [2.05, 4.69) is 26.3 Å². The largest absolute Gasteiger partial charge is 0.333 e. The van der Waals surface area contributed by atoms with Crippen LogP contribution in [0.4, 0.5) is 0 Å². The predicted molar refractivity (Wildman–Crippen MR) is 119 cm³/mol. The van der Waals surface area contributed by atoms with Crippen LogP contribution in [0.25, 0.3) is 22.5 Å². The smallest absolute Gasteiger partial charge is 0.255 e. The van der Waals surface area contributed by atoms with E-state index in [0.717, 1.165) is 28.1 Å². The van der Waals surface area contributed by atoms with Gasteiger partial charge in [0.1, 0.15) is 6.04 Å². The fourth-order valence-corrected chi connectivity index (χ4v) is 5.01. The number of imidazole rings is 1. The van der Waals surface area contributed by atoms with E-state index in [0.29, 0.717) is 24.6 Å². The quantitative estimate of drug-likeness (QED) is 0.623. The summed E-state index contributed by atoms with van der Waals surface area (Å²) in [6.45, 7) is 0.343. The van der Waals surface area contributed by atoms with Crippen molar-refractivity contribution in [2.45, 2.75) is 50.7 Å². The number of carbonyl (C=O) groups excluding carboxylic acids is 3. The number of amides is 3. The Morgan fingerprint density at radius 1 is 1.09 bits per heavy atom. The lowest BCUT2D eigenvalue weighted by Crippen LogP contribution is -2.52. The van der Waals surface area contributed by atoms with E-state index >= 15 is 0 Å². The molecule has 1 unspecified atom stereocenters. The predicted octanol–water partition coefficient (Wildman–Crippen LogP) is 2.44.